The molecular weight excluding hydrogens is 325 g/mol. The number of anilines is 1. The first-order chi connectivity index (χ1) is 11.3. The van der Waals surface area contributed by atoms with Gasteiger partial charge in [0, 0.05) is 31.7 Å². The predicted octanol–water partition coefficient (Wildman–Crippen LogP) is 2.72. The maximum Gasteiger partial charge on any atom is 0.416 e. The highest BCUT2D eigenvalue weighted by Crippen LogP contribution is 2.30. The third-order valence-corrected chi connectivity index (χ3v) is 3.60. The molecule has 2 amide bonds. The first-order valence-corrected chi connectivity index (χ1v) is 7.70. The van der Waals surface area contributed by atoms with E-state index in [0.29, 0.717) is 13.2 Å². The molecule has 1 saturated heterocycles. The highest BCUT2D eigenvalue weighted by atomic mass is 19.4. The van der Waals surface area contributed by atoms with Crippen molar-refractivity contribution in [3.8, 4) is 0 Å². The van der Waals surface area contributed by atoms with E-state index in [2.05, 4.69) is 10.6 Å². The molecule has 0 aliphatic carbocycles. The number of nitrogens with one attached hydrogen (secondary N) is 2. The molecule has 24 heavy (non-hydrogen) atoms. The Bertz CT molecular complexity index is 584. The van der Waals surface area contributed by atoms with Crippen LogP contribution in [0.15, 0.2) is 24.3 Å². The summed E-state index contributed by atoms with van der Waals surface area (Å²) in [6, 6.07) is 4.36. The van der Waals surface area contributed by atoms with Crippen LogP contribution in [0.4, 0.5) is 18.9 Å². The molecule has 0 bridgehead atoms. The van der Waals surface area contributed by atoms with Crippen molar-refractivity contribution in [1.82, 2.24) is 5.32 Å². The van der Waals surface area contributed by atoms with Gasteiger partial charge < -0.3 is 15.4 Å². The van der Waals surface area contributed by atoms with E-state index in [1.54, 1.807) is 0 Å². The predicted molar refractivity (Wildman–Crippen MR) is 81.3 cm³/mol. The van der Waals surface area contributed by atoms with Crippen LogP contribution in [0.1, 0.15) is 31.2 Å². The molecule has 132 valence electrons. The second kappa shape index (κ2) is 8.14. The van der Waals surface area contributed by atoms with E-state index >= 15 is 0 Å². The van der Waals surface area contributed by atoms with Crippen LogP contribution in [0.3, 0.4) is 0 Å². The van der Waals surface area contributed by atoms with E-state index in [9.17, 15) is 22.8 Å². The van der Waals surface area contributed by atoms with Gasteiger partial charge in [0.15, 0.2) is 0 Å². The first kappa shape index (κ1) is 18.3. The van der Waals surface area contributed by atoms with Gasteiger partial charge in [-0.15, -0.1) is 0 Å². The number of alkyl halides is 3. The van der Waals surface area contributed by atoms with Crippen LogP contribution in [0.25, 0.3) is 0 Å². The van der Waals surface area contributed by atoms with Crippen LogP contribution in [0.2, 0.25) is 0 Å². The summed E-state index contributed by atoms with van der Waals surface area (Å²) >= 11 is 0. The van der Waals surface area contributed by atoms with Crippen LogP contribution in [0, 0.1) is 0 Å². The van der Waals surface area contributed by atoms with Gasteiger partial charge in [0.25, 0.3) is 0 Å². The Hall–Kier alpha value is -2.09. The van der Waals surface area contributed by atoms with E-state index in [0.717, 1.165) is 25.0 Å². The van der Waals surface area contributed by atoms with Gasteiger partial charge in [-0.2, -0.15) is 13.2 Å². The van der Waals surface area contributed by atoms with Crippen molar-refractivity contribution >= 4 is 17.5 Å². The van der Waals surface area contributed by atoms with Crippen molar-refractivity contribution in [3.63, 3.8) is 0 Å². The van der Waals surface area contributed by atoms with E-state index in [1.807, 2.05) is 0 Å². The second-order valence-corrected chi connectivity index (χ2v) is 5.57. The van der Waals surface area contributed by atoms with Gasteiger partial charge in [-0.1, -0.05) is 6.07 Å². The molecule has 1 aromatic rings. The molecule has 0 radical (unpaired) electrons. The fraction of sp³-hybridized carbons (Fsp3) is 0.500. The van der Waals surface area contributed by atoms with Gasteiger partial charge in [0.2, 0.25) is 11.8 Å². The Balaban J connectivity index is 1.73. The van der Waals surface area contributed by atoms with Gasteiger partial charge in [-0.25, -0.2) is 0 Å². The number of hydrogen-bond acceptors (Lipinski definition) is 3. The van der Waals surface area contributed by atoms with Crippen molar-refractivity contribution in [1.29, 1.82) is 0 Å². The quantitative estimate of drug-likeness (QED) is 0.834. The summed E-state index contributed by atoms with van der Waals surface area (Å²) in [5.74, 6) is -0.800. The standard InChI is InChI=1S/C16H19F3N2O3/c17-16(18,19)11-3-1-4-12(9-11)21-15(23)7-6-14(22)20-10-13-5-2-8-24-13/h1,3-4,9,13H,2,5-8,10H2,(H,20,22)(H,21,23)/t13-/m1/s1. The molecule has 1 fully saturated rings. The average Bonchev–Trinajstić information content (AvgIpc) is 3.04. The molecule has 0 aromatic heterocycles. The van der Waals surface area contributed by atoms with E-state index in [-0.39, 0.29) is 30.5 Å². The van der Waals surface area contributed by atoms with Crippen LogP contribution < -0.4 is 10.6 Å². The zero-order chi connectivity index (χ0) is 17.6. The van der Waals surface area contributed by atoms with Gasteiger partial charge in [0.05, 0.1) is 11.7 Å². The molecule has 1 aromatic carbocycles. The smallest absolute Gasteiger partial charge is 0.376 e. The monoisotopic (exact) mass is 344 g/mol. The van der Waals surface area contributed by atoms with Crippen molar-refractivity contribution in [2.75, 3.05) is 18.5 Å². The second-order valence-electron chi connectivity index (χ2n) is 5.57. The van der Waals surface area contributed by atoms with Crippen LogP contribution >= 0.6 is 0 Å². The fourth-order valence-electron chi connectivity index (χ4n) is 2.35. The summed E-state index contributed by atoms with van der Waals surface area (Å²) in [5, 5.41) is 5.04. The summed E-state index contributed by atoms with van der Waals surface area (Å²) in [6.45, 7) is 1.11. The number of carbonyl (C=O) groups excluding carboxylic acids is 2. The number of carbonyl (C=O) groups is 2. The largest absolute Gasteiger partial charge is 0.416 e. The van der Waals surface area contributed by atoms with Crippen LogP contribution in [0.5, 0.6) is 0 Å². The summed E-state index contributed by atoms with van der Waals surface area (Å²) in [6.07, 6.45) is -2.71. The maximum absolute atomic E-state index is 12.6. The zero-order valence-electron chi connectivity index (χ0n) is 13.0. The summed E-state index contributed by atoms with van der Waals surface area (Å²) < 4.78 is 43.1. The molecule has 0 spiro atoms. The molecule has 8 heteroatoms. The maximum atomic E-state index is 12.6. The average molecular weight is 344 g/mol. The molecule has 2 N–H and O–H groups in total. The molecule has 0 unspecified atom stereocenters. The molecule has 1 heterocycles. The molecule has 1 aliphatic rings. The van der Waals surface area contributed by atoms with Crippen molar-refractivity contribution in [2.24, 2.45) is 0 Å². The normalized spacial score (nSPS) is 17.5. The summed E-state index contributed by atoms with van der Waals surface area (Å²) in [4.78, 5) is 23.4. The summed E-state index contributed by atoms with van der Waals surface area (Å²) in [5.41, 5.74) is -0.788. The van der Waals surface area contributed by atoms with Crippen LogP contribution in [-0.2, 0) is 20.5 Å². The number of rotatable bonds is 6. The third kappa shape index (κ3) is 5.84. The van der Waals surface area contributed by atoms with Gasteiger partial charge >= 0.3 is 6.18 Å². The van der Waals surface area contributed by atoms with Crippen molar-refractivity contribution in [3.05, 3.63) is 29.8 Å². The van der Waals surface area contributed by atoms with E-state index in [1.165, 1.54) is 12.1 Å². The topological polar surface area (TPSA) is 67.4 Å². The van der Waals surface area contributed by atoms with Crippen molar-refractivity contribution < 1.29 is 27.5 Å². The first-order valence-electron chi connectivity index (χ1n) is 7.70. The fourth-order valence-corrected chi connectivity index (χ4v) is 2.35. The number of benzene rings is 1. The van der Waals surface area contributed by atoms with Gasteiger partial charge in [0.1, 0.15) is 0 Å². The van der Waals surface area contributed by atoms with E-state index in [4.69, 9.17) is 4.74 Å². The third-order valence-electron chi connectivity index (χ3n) is 3.60. The lowest BCUT2D eigenvalue weighted by molar-refractivity contribution is -0.137. The van der Waals surface area contributed by atoms with Crippen molar-refractivity contribution in [2.45, 2.75) is 38.0 Å². The molecule has 1 aliphatic heterocycles. The van der Waals surface area contributed by atoms with Gasteiger partial charge in [-0.3, -0.25) is 9.59 Å². The Kier molecular flexibility index (Phi) is 6.19. The summed E-state index contributed by atoms with van der Waals surface area (Å²) in [7, 11) is 0. The molecule has 5 nitrogen and oxygen atoms in total. The molecule has 2 rings (SSSR count). The number of ether oxygens (including phenoxy) is 1. The SMILES string of the molecule is O=C(CCC(=O)Nc1cccc(C(F)(F)F)c1)NC[C@H]1CCCO1. The minimum absolute atomic E-state index is 0.0212. The highest BCUT2D eigenvalue weighted by molar-refractivity contribution is 5.93. The molecular formula is C16H19F3N2O3. The van der Waals surface area contributed by atoms with Gasteiger partial charge in [-0.05, 0) is 31.0 Å². The minimum Gasteiger partial charge on any atom is -0.376 e. The number of hydrogen-bond donors (Lipinski definition) is 2. The van der Waals surface area contributed by atoms with Crippen LogP contribution in [-0.4, -0.2) is 31.1 Å². The Morgan fingerprint density at radius 1 is 1.21 bits per heavy atom. The molecule has 1 atom stereocenters. The molecule has 0 saturated carbocycles. The lowest BCUT2D eigenvalue weighted by atomic mass is 10.2. The Morgan fingerprint density at radius 2 is 1.96 bits per heavy atom. The Labute approximate surface area is 137 Å². The highest BCUT2D eigenvalue weighted by Gasteiger charge is 2.30. The Morgan fingerprint density at radius 3 is 2.62 bits per heavy atom. The van der Waals surface area contributed by atoms with E-state index < -0.39 is 17.6 Å². The number of halogens is 3. The lowest BCUT2D eigenvalue weighted by Crippen LogP contribution is -2.32. The zero-order valence-corrected chi connectivity index (χ0v) is 13.0. The number of amides is 2. The minimum atomic E-state index is -4.47. The lowest BCUT2D eigenvalue weighted by Gasteiger charge is -2.11.